The number of benzene rings is 2. The molecule has 1 heteroatoms. The third-order valence-corrected chi connectivity index (χ3v) is 3.70. The highest BCUT2D eigenvalue weighted by molar-refractivity contribution is 7.55. The van der Waals surface area contributed by atoms with Crippen LogP contribution in [0.5, 0.6) is 0 Å². The smallest absolute Gasteiger partial charge is 0.00999 e. The van der Waals surface area contributed by atoms with E-state index in [-0.39, 0.29) is 0 Å². The Labute approximate surface area is 106 Å². The molecular weight excluding hydrogens is 223 g/mol. The van der Waals surface area contributed by atoms with Crippen LogP contribution < -0.4 is 10.6 Å². The molecular formula is C16H18P. The van der Waals surface area contributed by atoms with Crippen molar-refractivity contribution in [3.63, 3.8) is 0 Å². The Morgan fingerprint density at radius 3 is 1.12 bits per heavy atom. The van der Waals surface area contributed by atoms with E-state index in [9.17, 15) is 0 Å². The quantitative estimate of drug-likeness (QED) is 0.701. The summed E-state index contributed by atoms with van der Waals surface area (Å²) in [4.78, 5) is 0. The lowest BCUT2D eigenvalue weighted by Crippen LogP contribution is -2.05. The van der Waals surface area contributed by atoms with Crippen LogP contribution in [-0.4, -0.2) is 0 Å². The first-order valence-electron chi connectivity index (χ1n) is 5.91. The van der Waals surface area contributed by atoms with E-state index < -0.39 is 0 Å². The van der Waals surface area contributed by atoms with Gasteiger partial charge in [-0.05, 0) is 46.9 Å². The van der Waals surface area contributed by atoms with E-state index in [0.29, 0.717) is 0 Å². The Balaban J connectivity index is 2.31. The van der Waals surface area contributed by atoms with Crippen molar-refractivity contribution in [1.82, 2.24) is 0 Å². The van der Waals surface area contributed by atoms with Crippen LogP contribution >= 0.6 is 8.58 Å². The molecule has 0 aromatic heterocycles. The summed E-state index contributed by atoms with van der Waals surface area (Å²) in [5.74, 6) is 0. The lowest BCUT2D eigenvalue weighted by atomic mass is 10.2. The largest absolute Gasteiger partial charge is 0.0563 e. The molecule has 17 heavy (non-hydrogen) atoms. The van der Waals surface area contributed by atoms with Crippen LogP contribution in [0.4, 0.5) is 0 Å². The third kappa shape index (κ3) is 3.41. The molecule has 0 saturated carbocycles. The minimum atomic E-state index is 1.30. The van der Waals surface area contributed by atoms with Crippen LogP contribution in [0, 0.1) is 27.7 Å². The average Bonchev–Trinajstić information content (AvgIpc) is 2.13. The number of hydrogen-bond acceptors (Lipinski definition) is 0. The zero-order valence-electron chi connectivity index (χ0n) is 10.9. The van der Waals surface area contributed by atoms with E-state index in [4.69, 9.17) is 0 Å². The van der Waals surface area contributed by atoms with E-state index >= 15 is 0 Å². The first-order valence-corrected chi connectivity index (χ1v) is 6.81. The molecule has 0 nitrogen and oxygen atoms in total. The van der Waals surface area contributed by atoms with Crippen molar-refractivity contribution in [2.75, 3.05) is 0 Å². The second kappa shape index (κ2) is 5.02. The maximum absolute atomic E-state index is 2.27. The Kier molecular flexibility index (Phi) is 3.64. The van der Waals surface area contributed by atoms with Crippen molar-refractivity contribution in [2.24, 2.45) is 0 Å². The van der Waals surface area contributed by atoms with E-state index in [2.05, 4.69) is 64.1 Å². The van der Waals surface area contributed by atoms with Crippen molar-refractivity contribution in [2.45, 2.75) is 27.7 Å². The van der Waals surface area contributed by atoms with Crippen LogP contribution in [0.1, 0.15) is 22.3 Å². The molecule has 2 rings (SSSR count). The van der Waals surface area contributed by atoms with Crippen LogP contribution in [0.25, 0.3) is 0 Å². The standard InChI is InChI=1S/C16H18P/c1-11-5-12(2)8-15(7-11)17-16-9-13(3)6-14(4)10-16/h5-10H,1-4H3. The summed E-state index contributed by atoms with van der Waals surface area (Å²) in [7, 11) is 1.30. The normalized spacial score (nSPS) is 10.6. The molecule has 0 aliphatic heterocycles. The van der Waals surface area contributed by atoms with Crippen molar-refractivity contribution >= 4 is 19.2 Å². The summed E-state index contributed by atoms with van der Waals surface area (Å²) in [6, 6.07) is 13.5. The predicted octanol–water partition coefficient (Wildman–Crippen LogP) is 3.82. The molecule has 0 saturated heterocycles. The molecule has 0 N–H and O–H groups in total. The summed E-state index contributed by atoms with van der Waals surface area (Å²) < 4.78 is 0. The first-order chi connectivity index (χ1) is 8.02. The van der Waals surface area contributed by atoms with Gasteiger partial charge in [-0.3, -0.25) is 0 Å². The Hall–Kier alpha value is -1.13. The minimum Gasteiger partial charge on any atom is -0.0563 e. The van der Waals surface area contributed by atoms with Gasteiger partial charge in [-0.25, -0.2) is 0 Å². The average molecular weight is 241 g/mol. The van der Waals surface area contributed by atoms with Gasteiger partial charge in [-0.1, -0.05) is 58.7 Å². The first kappa shape index (κ1) is 12.3. The summed E-state index contributed by atoms with van der Waals surface area (Å²) in [6.07, 6.45) is 0. The maximum atomic E-state index is 2.27. The maximum Gasteiger partial charge on any atom is -0.00999 e. The van der Waals surface area contributed by atoms with Gasteiger partial charge < -0.3 is 0 Å². The van der Waals surface area contributed by atoms with Gasteiger partial charge in [-0.15, -0.1) is 0 Å². The molecule has 0 heterocycles. The molecule has 0 aliphatic rings. The molecule has 1 radical (unpaired) electrons. The Morgan fingerprint density at radius 2 is 0.824 bits per heavy atom. The molecule has 0 amide bonds. The fourth-order valence-corrected chi connectivity index (χ4v) is 3.55. The fourth-order valence-electron chi connectivity index (χ4n) is 2.18. The Morgan fingerprint density at radius 1 is 0.529 bits per heavy atom. The predicted molar refractivity (Wildman–Crippen MR) is 78.0 cm³/mol. The van der Waals surface area contributed by atoms with E-state index in [1.54, 1.807) is 0 Å². The third-order valence-electron chi connectivity index (χ3n) is 2.67. The SMILES string of the molecule is Cc1cc(C)cc([P]c2cc(C)cc(C)c2)c1. The molecule has 0 fully saturated rings. The monoisotopic (exact) mass is 241 g/mol. The van der Waals surface area contributed by atoms with Crippen molar-refractivity contribution < 1.29 is 0 Å². The highest BCUT2D eigenvalue weighted by atomic mass is 31.1. The lowest BCUT2D eigenvalue weighted by Gasteiger charge is -2.06. The fraction of sp³-hybridized carbons (Fsp3) is 0.250. The van der Waals surface area contributed by atoms with Crippen molar-refractivity contribution in [1.29, 1.82) is 0 Å². The van der Waals surface area contributed by atoms with Crippen LogP contribution in [0.15, 0.2) is 36.4 Å². The van der Waals surface area contributed by atoms with Crippen LogP contribution in [-0.2, 0) is 0 Å². The molecule has 0 atom stereocenters. The van der Waals surface area contributed by atoms with Crippen molar-refractivity contribution in [3.8, 4) is 0 Å². The molecule has 0 spiro atoms. The molecule has 2 aromatic rings. The highest BCUT2D eigenvalue weighted by Gasteiger charge is 2.01. The van der Waals surface area contributed by atoms with Gasteiger partial charge in [0.2, 0.25) is 0 Å². The second-order valence-electron chi connectivity index (χ2n) is 4.80. The van der Waals surface area contributed by atoms with E-state index in [1.165, 1.54) is 41.4 Å². The number of aryl methyl sites for hydroxylation is 4. The zero-order chi connectivity index (χ0) is 12.4. The van der Waals surface area contributed by atoms with Gasteiger partial charge in [0.1, 0.15) is 0 Å². The minimum absolute atomic E-state index is 1.30. The number of hydrogen-bond donors (Lipinski definition) is 0. The highest BCUT2D eigenvalue weighted by Crippen LogP contribution is 2.15. The summed E-state index contributed by atoms with van der Waals surface area (Å²) in [5, 5.41) is 2.76. The van der Waals surface area contributed by atoms with E-state index in [0.717, 1.165) is 0 Å². The second-order valence-corrected chi connectivity index (χ2v) is 6.06. The van der Waals surface area contributed by atoms with Gasteiger partial charge in [0.15, 0.2) is 0 Å². The van der Waals surface area contributed by atoms with Gasteiger partial charge >= 0.3 is 0 Å². The van der Waals surface area contributed by atoms with Gasteiger partial charge in [0.05, 0.1) is 0 Å². The number of rotatable bonds is 2. The molecule has 0 aliphatic carbocycles. The molecule has 2 aromatic carbocycles. The molecule has 0 unspecified atom stereocenters. The zero-order valence-corrected chi connectivity index (χ0v) is 11.8. The van der Waals surface area contributed by atoms with Crippen LogP contribution in [0.3, 0.4) is 0 Å². The summed E-state index contributed by atoms with van der Waals surface area (Å²) >= 11 is 0. The van der Waals surface area contributed by atoms with Gasteiger partial charge in [0, 0.05) is 0 Å². The molecule has 0 bridgehead atoms. The van der Waals surface area contributed by atoms with Gasteiger partial charge in [0.25, 0.3) is 0 Å². The van der Waals surface area contributed by atoms with Gasteiger partial charge in [-0.2, -0.15) is 0 Å². The summed E-state index contributed by atoms with van der Waals surface area (Å²) in [6.45, 7) is 8.64. The Bertz CT molecular complexity index is 451. The topological polar surface area (TPSA) is 0 Å². The lowest BCUT2D eigenvalue weighted by molar-refractivity contribution is 1.40. The van der Waals surface area contributed by atoms with Crippen molar-refractivity contribution in [3.05, 3.63) is 58.7 Å². The molecule has 87 valence electrons. The van der Waals surface area contributed by atoms with Crippen LogP contribution in [0.2, 0.25) is 0 Å². The summed E-state index contributed by atoms with van der Waals surface area (Å²) in [5.41, 5.74) is 5.38. The van der Waals surface area contributed by atoms with E-state index in [1.807, 2.05) is 0 Å².